The Morgan fingerprint density at radius 3 is 2.15 bits per heavy atom. The Hall–Kier alpha value is -1.07. The van der Waals surface area contributed by atoms with Crippen LogP contribution in [-0.4, -0.2) is 15.5 Å². The summed E-state index contributed by atoms with van der Waals surface area (Å²) in [5.41, 5.74) is 0. The molecule has 0 heterocycles. The summed E-state index contributed by atoms with van der Waals surface area (Å²) in [5.74, 6) is 0.566. The minimum atomic E-state index is -3.80. The van der Waals surface area contributed by atoms with E-state index < -0.39 is 10.1 Å². The van der Waals surface area contributed by atoms with Crippen LogP contribution < -0.4 is 4.74 Å². The van der Waals surface area contributed by atoms with E-state index in [0.29, 0.717) is 5.75 Å². The van der Waals surface area contributed by atoms with E-state index in [4.69, 9.17) is 4.74 Å². The summed E-state index contributed by atoms with van der Waals surface area (Å²) < 4.78 is 30.7. The van der Waals surface area contributed by atoms with Gasteiger partial charge in [-0.15, -0.1) is 0 Å². The van der Waals surface area contributed by atoms with Crippen molar-refractivity contribution >= 4 is 10.1 Å². The van der Waals surface area contributed by atoms with Crippen molar-refractivity contribution in [3.05, 3.63) is 31.4 Å². The van der Waals surface area contributed by atoms with E-state index in [9.17, 15) is 8.42 Å². The van der Waals surface area contributed by atoms with Gasteiger partial charge >= 0.3 is 0 Å². The van der Waals surface area contributed by atoms with Crippen molar-refractivity contribution < 1.29 is 17.3 Å². The lowest BCUT2D eigenvalue weighted by molar-refractivity contribution is 0.413. The van der Waals surface area contributed by atoms with Gasteiger partial charge in [0.2, 0.25) is 0 Å². The van der Waals surface area contributed by atoms with Gasteiger partial charge in [0.1, 0.15) is 12.9 Å². The largest absolute Gasteiger partial charge is 0.497 e. The van der Waals surface area contributed by atoms with Crippen LogP contribution in [0.3, 0.4) is 0 Å². The van der Waals surface area contributed by atoms with Crippen molar-refractivity contribution in [1.29, 1.82) is 0 Å². The molecule has 0 aliphatic rings. The number of hydrogen-bond acceptors (Lipinski definition) is 4. The van der Waals surface area contributed by atoms with E-state index in [0.717, 1.165) is 0 Å². The lowest BCUT2D eigenvalue weighted by Gasteiger charge is -2.02. The first kappa shape index (κ1) is 10.0. The molecule has 0 atom stereocenters. The molecule has 0 unspecified atom stereocenters. The topological polar surface area (TPSA) is 52.6 Å². The molecule has 0 bridgehead atoms. The molecule has 1 rings (SSSR count). The Morgan fingerprint density at radius 2 is 1.77 bits per heavy atom. The van der Waals surface area contributed by atoms with Gasteiger partial charge < -0.3 is 4.74 Å². The summed E-state index contributed by atoms with van der Waals surface area (Å²) in [7, 11) is 2.28. The number of benzene rings is 1. The van der Waals surface area contributed by atoms with Gasteiger partial charge in [0.15, 0.2) is 0 Å². The van der Waals surface area contributed by atoms with Crippen LogP contribution >= 0.6 is 0 Å². The van der Waals surface area contributed by atoms with Crippen molar-refractivity contribution in [3.8, 4) is 5.75 Å². The molecule has 1 aromatic rings. The SMILES string of the molecule is [CH]OS(=O)(=O)c1ccc(OC)cc1. The highest BCUT2D eigenvalue weighted by molar-refractivity contribution is 7.86. The molecule has 0 fully saturated rings. The molecule has 1 aromatic carbocycles. The second kappa shape index (κ2) is 3.76. The Balaban J connectivity index is 3.06. The average molecular weight is 200 g/mol. The highest BCUT2D eigenvalue weighted by atomic mass is 32.2. The van der Waals surface area contributed by atoms with Crippen LogP contribution in [0.2, 0.25) is 0 Å². The van der Waals surface area contributed by atoms with Gasteiger partial charge in [-0.1, -0.05) is 0 Å². The van der Waals surface area contributed by atoms with Gasteiger partial charge in [0.05, 0.1) is 12.0 Å². The summed E-state index contributed by atoms with van der Waals surface area (Å²) in [6, 6.07) is 5.71. The normalized spacial score (nSPS) is 11.2. The zero-order valence-corrected chi connectivity index (χ0v) is 7.74. The highest BCUT2D eigenvalue weighted by Crippen LogP contribution is 2.16. The first-order valence-electron chi connectivity index (χ1n) is 3.37. The maximum atomic E-state index is 11.0. The zero-order valence-electron chi connectivity index (χ0n) is 6.93. The van der Waals surface area contributed by atoms with Gasteiger partial charge in [-0.3, -0.25) is 4.18 Å². The second-order valence-corrected chi connectivity index (χ2v) is 3.80. The van der Waals surface area contributed by atoms with Crippen LogP contribution in [0.1, 0.15) is 0 Å². The quantitative estimate of drug-likeness (QED) is 0.685. The monoisotopic (exact) mass is 200 g/mol. The van der Waals surface area contributed by atoms with Gasteiger partial charge in [0, 0.05) is 0 Å². The van der Waals surface area contributed by atoms with Crippen molar-refractivity contribution in [2.75, 3.05) is 7.11 Å². The molecule has 0 aromatic heterocycles. The van der Waals surface area contributed by atoms with E-state index in [-0.39, 0.29) is 4.90 Å². The Morgan fingerprint density at radius 1 is 1.23 bits per heavy atom. The van der Waals surface area contributed by atoms with E-state index in [2.05, 4.69) is 11.3 Å². The van der Waals surface area contributed by atoms with Crippen molar-refractivity contribution in [1.82, 2.24) is 0 Å². The molecule has 70 valence electrons. The molecule has 0 saturated heterocycles. The lowest BCUT2D eigenvalue weighted by Crippen LogP contribution is -2.00. The van der Waals surface area contributed by atoms with Gasteiger partial charge in [-0.2, -0.15) is 8.42 Å². The van der Waals surface area contributed by atoms with Crippen LogP contribution in [-0.2, 0) is 14.3 Å². The van der Waals surface area contributed by atoms with Gasteiger partial charge in [-0.05, 0) is 24.3 Å². The average Bonchev–Trinajstić information content (AvgIpc) is 2.18. The van der Waals surface area contributed by atoms with Crippen LogP contribution in [0.5, 0.6) is 5.75 Å². The van der Waals surface area contributed by atoms with Crippen LogP contribution in [0.15, 0.2) is 29.2 Å². The van der Waals surface area contributed by atoms with Gasteiger partial charge in [-0.25, -0.2) is 0 Å². The molecule has 0 saturated carbocycles. The third-order valence-electron chi connectivity index (χ3n) is 1.47. The molecule has 0 spiro atoms. The maximum Gasteiger partial charge on any atom is 0.297 e. The van der Waals surface area contributed by atoms with Crippen molar-refractivity contribution in [3.63, 3.8) is 0 Å². The summed E-state index contributed by atoms with van der Waals surface area (Å²) in [6.45, 7) is 0. The molecule has 0 N–H and O–H groups in total. The van der Waals surface area contributed by atoms with Crippen LogP contribution in [0.25, 0.3) is 0 Å². The maximum absolute atomic E-state index is 11.0. The Kier molecular flexibility index (Phi) is 2.90. The predicted molar refractivity (Wildman–Crippen MR) is 45.6 cm³/mol. The molecule has 0 aliphatic heterocycles. The number of ether oxygens (including phenoxy) is 1. The first-order valence-corrected chi connectivity index (χ1v) is 4.78. The summed E-state index contributed by atoms with van der Waals surface area (Å²) in [4.78, 5) is -0.00389. The van der Waals surface area contributed by atoms with E-state index in [1.54, 1.807) is 0 Å². The van der Waals surface area contributed by atoms with Crippen molar-refractivity contribution in [2.24, 2.45) is 0 Å². The molecule has 0 amide bonds. The number of methoxy groups -OCH3 is 1. The van der Waals surface area contributed by atoms with E-state index in [1.165, 1.54) is 31.4 Å². The first-order chi connectivity index (χ1) is 6.10. The molecule has 13 heavy (non-hydrogen) atoms. The predicted octanol–water partition coefficient (Wildman–Crippen LogP) is 1.07. The summed E-state index contributed by atoms with van der Waals surface area (Å²) in [5, 5.41) is 0. The van der Waals surface area contributed by atoms with Crippen molar-refractivity contribution in [2.45, 2.75) is 4.90 Å². The molecule has 5 heteroatoms. The van der Waals surface area contributed by atoms with Gasteiger partial charge in [0.25, 0.3) is 10.1 Å². The fourth-order valence-corrected chi connectivity index (χ4v) is 1.38. The highest BCUT2D eigenvalue weighted by Gasteiger charge is 2.12. The Labute approximate surface area is 77.2 Å². The van der Waals surface area contributed by atoms with Crippen LogP contribution in [0.4, 0.5) is 0 Å². The standard InChI is InChI=1S/C8H8O4S/c1-11-7-3-5-8(6-4-7)13(9,10)12-2/h2-6H,1H3. The fraction of sp³-hybridized carbons (Fsp3) is 0.125. The molecule has 0 aliphatic carbocycles. The smallest absolute Gasteiger partial charge is 0.297 e. The second-order valence-electron chi connectivity index (χ2n) is 2.23. The summed E-state index contributed by atoms with van der Waals surface area (Å²) in [6.07, 6.45) is 0. The number of rotatable bonds is 3. The third kappa shape index (κ3) is 2.19. The number of hydrogen-bond donors (Lipinski definition) is 0. The third-order valence-corrected chi connectivity index (χ3v) is 2.58. The molecular weight excluding hydrogens is 192 g/mol. The summed E-state index contributed by atoms with van der Waals surface area (Å²) >= 11 is 0. The van der Waals surface area contributed by atoms with Crippen LogP contribution in [0, 0.1) is 7.11 Å². The molecule has 4 nitrogen and oxygen atoms in total. The Bertz CT molecular complexity index is 366. The lowest BCUT2D eigenvalue weighted by atomic mass is 10.3. The molecule has 2 radical (unpaired) electrons. The minimum absolute atomic E-state index is 0.00389. The minimum Gasteiger partial charge on any atom is -0.497 e. The van der Waals surface area contributed by atoms with E-state index >= 15 is 0 Å². The zero-order chi connectivity index (χ0) is 9.90. The molecular formula is C8H8O4S. The fourth-order valence-electron chi connectivity index (χ4n) is 0.798. The van der Waals surface area contributed by atoms with E-state index in [1.807, 2.05) is 0 Å².